The van der Waals surface area contributed by atoms with Gasteiger partial charge in [0.05, 0.1) is 6.04 Å². The summed E-state index contributed by atoms with van der Waals surface area (Å²) in [6, 6.07) is 22.4. The molecule has 1 N–H and O–H groups in total. The Morgan fingerprint density at radius 3 is 2.33 bits per heavy atom. The molecule has 0 aliphatic carbocycles. The molecule has 27 heavy (non-hydrogen) atoms. The normalized spacial score (nSPS) is 13.1. The zero-order valence-corrected chi connectivity index (χ0v) is 16.2. The van der Waals surface area contributed by atoms with Crippen LogP contribution < -0.4 is 10.1 Å². The molecule has 2 atom stereocenters. The molecule has 0 saturated carbocycles. The van der Waals surface area contributed by atoms with Crippen LogP contribution in [-0.2, 0) is 11.2 Å². The number of amides is 1. The molecule has 0 fully saturated rings. The molecule has 0 radical (unpaired) electrons. The summed E-state index contributed by atoms with van der Waals surface area (Å²) in [5.41, 5.74) is 2.39. The van der Waals surface area contributed by atoms with Gasteiger partial charge in [0.25, 0.3) is 5.91 Å². The molecule has 3 aromatic carbocycles. The summed E-state index contributed by atoms with van der Waals surface area (Å²) in [7, 11) is 0. The zero-order chi connectivity index (χ0) is 19.2. The van der Waals surface area contributed by atoms with Crippen LogP contribution in [0.2, 0.25) is 0 Å². The number of rotatable bonds is 7. The van der Waals surface area contributed by atoms with Crippen molar-refractivity contribution in [3.05, 3.63) is 77.9 Å². The minimum Gasteiger partial charge on any atom is -0.481 e. The van der Waals surface area contributed by atoms with Crippen molar-refractivity contribution in [1.82, 2.24) is 5.32 Å². The SMILES string of the molecule is CCc1ccc([C@H](C)NC(=O)[C@@H](CC)Oc2ccc3ccccc3c2)cc1. The Kier molecular flexibility index (Phi) is 6.12. The number of carbonyl (C=O) groups excluding carboxylic acids is 1. The van der Waals surface area contributed by atoms with Gasteiger partial charge in [-0.3, -0.25) is 4.79 Å². The van der Waals surface area contributed by atoms with Crippen molar-refractivity contribution in [2.75, 3.05) is 0 Å². The van der Waals surface area contributed by atoms with E-state index in [1.165, 1.54) is 5.56 Å². The number of nitrogens with one attached hydrogen (secondary N) is 1. The lowest BCUT2D eigenvalue weighted by atomic mass is 10.0. The fraction of sp³-hybridized carbons (Fsp3) is 0.292. The molecule has 3 heteroatoms. The van der Waals surface area contributed by atoms with Gasteiger partial charge >= 0.3 is 0 Å². The first kappa shape index (κ1) is 19.0. The van der Waals surface area contributed by atoms with Crippen LogP contribution in [0.1, 0.15) is 44.4 Å². The van der Waals surface area contributed by atoms with E-state index in [2.05, 4.69) is 42.6 Å². The maximum absolute atomic E-state index is 12.7. The van der Waals surface area contributed by atoms with Crippen LogP contribution in [0, 0.1) is 0 Å². The molecule has 0 heterocycles. The van der Waals surface area contributed by atoms with Gasteiger partial charge in [0.15, 0.2) is 6.10 Å². The molecule has 3 nitrogen and oxygen atoms in total. The van der Waals surface area contributed by atoms with Crippen molar-refractivity contribution < 1.29 is 9.53 Å². The van der Waals surface area contributed by atoms with Crippen LogP contribution in [-0.4, -0.2) is 12.0 Å². The molecule has 0 spiro atoms. The Hall–Kier alpha value is -2.81. The van der Waals surface area contributed by atoms with Crippen LogP contribution in [0.5, 0.6) is 5.75 Å². The molecular weight excluding hydrogens is 334 g/mol. The third-order valence-electron chi connectivity index (χ3n) is 4.91. The van der Waals surface area contributed by atoms with Crippen molar-refractivity contribution in [3.63, 3.8) is 0 Å². The third-order valence-corrected chi connectivity index (χ3v) is 4.91. The third kappa shape index (κ3) is 4.68. The van der Waals surface area contributed by atoms with Crippen molar-refractivity contribution >= 4 is 16.7 Å². The second kappa shape index (κ2) is 8.72. The first-order chi connectivity index (χ1) is 13.1. The van der Waals surface area contributed by atoms with E-state index < -0.39 is 6.10 Å². The van der Waals surface area contributed by atoms with Gasteiger partial charge in [-0.05, 0) is 53.8 Å². The minimum absolute atomic E-state index is 0.0577. The average molecular weight is 361 g/mol. The Balaban J connectivity index is 1.67. The molecule has 3 aromatic rings. The maximum Gasteiger partial charge on any atom is 0.261 e. The van der Waals surface area contributed by atoms with Gasteiger partial charge in [-0.2, -0.15) is 0 Å². The standard InChI is InChI=1S/C24H27NO2/c1-4-18-10-12-19(13-11-18)17(3)25-24(26)23(5-2)27-22-15-14-20-8-6-7-9-21(20)16-22/h6-17,23H,4-5H2,1-3H3,(H,25,26)/t17-,23+/m0/s1. The summed E-state index contributed by atoms with van der Waals surface area (Å²) < 4.78 is 5.99. The number of ether oxygens (including phenoxy) is 1. The van der Waals surface area contributed by atoms with Crippen LogP contribution in [0.3, 0.4) is 0 Å². The predicted octanol–water partition coefficient (Wildman–Crippen LogP) is 5.44. The highest BCUT2D eigenvalue weighted by molar-refractivity contribution is 5.84. The highest BCUT2D eigenvalue weighted by atomic mass is 16.5. The van der Waals surface area contributed by atoms with Gasteiger partial charge in [-0.1, -0.05) is 68.4 Å². The van der Waals surface area contributed by atoms with Crippen LogP contribution >= 0.6 is 0 Å². The summed E-state index contributed by atoms with van der Waals surface area (Å²) >= 11 is 0. The molecule has 140 valence electrons. The Morgan fingerprint density at radius 1 is 0.963 bits per heavy atom. The van der Waals surface area contributed by atoms with E-state index in [-0.39, 0.29) is 11.9 Å². The van der Waals surface area contributed by atoms with Gasteiger partial charge in [0.1, 0.15) is 5.75 Å². The number of aryl methyl sites for hydroxylation is 1. The lowest BCUT2D eigenvalue weighted by molar-refractivity contribution is -0.128. The number of fused-ring (bicyclic) bond motifs is 1. The van der Waals surface area contributed by atoms with Crippen molar-refractivity contribution in [1.29, 1.82) is 0 Å². The fourth-order valence-electron chi connectivity index (χ4n) is 3.16. The van der Waals surface area contributed by atoms with E-state index in [1.807, 2.05) is 50.2 Å². The van der Waals surface area contributed by atoms with Crippen LogP contribution in [0.15, 0.2) is 66.7 Å². The van der Waals surface area contributed by atoms with E-state index in [4.69, 9.17) is 4.74 Å². The Bertz CT molecular complexity index is 902. The van der Waals surface area contributed by atoms with Crippen molar-refractivity contribution in [2.45, 2.75) is 45.8 Å². The quantitative estimate of drug-likeness (QED) is 0.609. The average Bonchev–Trinajstić information content (AvgIpc) is 2.71. The topological polar surface area (TPSA) is 38.3 Å². The molecule has 0 aliphatic rings. The number of hydrogen-bond donors (Lipinski definition) is 1. The Morgan fingerprint density at radius 2 is 1.67 bits per heavy atom. The van der Waals surface area contributed by atoms with Gasteiger partial charge in [0, 0.05) is 0 Å². The van der Waals surface area contributed by atoms with E-state index in [0.29, 0.717) is 6.42 Å². The van der Waals surface area contributed by atoms with Gasteiger partial charge < -0.3 is 10.1 Å². The molecule has 0 unspecified atom stereocenters. The minimum atomic E-state index is -0.511. The number of benzene rings is 3. The molecule has 1 amide bonds. The highest BCUT2D eigenvalue weighted by Crippen LogP contribution is 2.22. The van der Waals surface area contributed by atoms with Gasteiger partial charge in [-0.25, -0.2) is 0 Å². The van der Waals surface area contributed by atoms with Gasteiger partial charge in [-0.15, -0.1) is 0 Å². The molecule has 0 saturated heterocycles. The molecular formula is C24H27NO2. The summed E-state index contributed by atoms with van der Waals surface area (Å²) in [5.74, 6) is 0.633. The number of hydrogen-bond acceptors (Lipinski definition) is 2. The first-order valence-corrected chi connectivity index (χ1v) is 9.65. The maximum atomic E-state index is 12.7. The van der Waals surface area contributed by atoms with E-state index in [9.17, 15) is 4.79 Å². The van der Waals surface area contributed by atoms with E-state index in [0.717, 1.165) is 28.5 Å². The summed E-state index contributed by atoms with van der Waals surface area (Å²) in [6.07, 6.45) is 1.11. The summed E-state index contributed by atoms with van der Waals surface area (Å²) in [5, 5.41) is 5.34. The fourth-order valence-corrected chi connectivity index (χ4v) is 3.16. The molecule has 3 rings (SSSR count). The number of carbonyl (C=O) groups is 1. The predicted molar refractivity (Wildman–Crippen MR) is 111 cm³/mol. The summed E-state index contributed by atoms with van der Waals surface area (Å²) in [6.45, 7) is 6.10. The molecule has 0 aliphatic heterocycles. The van der Waals surface area contributed by atoms with Crippen LogP contribution in [0.4, 0.5) is 0 Å². The Labute approximate surface area is 161 Å². The van der Waals surface area contributed by atoms with E-state index >= 15 is 0 Å². The van der Waals surface area contributed by atoms with Crippen molar-refractivity contribution in [3.8, 4) is 5.75 Å². The van der Waals surface area contributed by atoms with Crippen molar-refractivity contribution in [2.24, 2.45) is 0 Å². The second-order valence-corrected chi connectivity index (χ2v) is 6.85. The van der Waals surface area contributed by atoms with E-state index in [1.54, 1.807) is 0 Å². The zero-order valence-electron chi connectivity index (χ0n) is 16.2. The smallest absolute Gasteiger partial charge is 0.261 e. The molecule has 0 aromatic heterocycles. The van der Waals surface area contributed by atoms with Crippen LogP contribution in [0.25, 0.3) is 10.8 Å². The highest BCUT2D eigenvalue weighted by Gasteiger charge is 2.20. The lowest BCUT2D eigenvalue weighted by Gasteiger charge is -2.21. The first-order valence-electron chi connectivity index (χ1n) is 9.65. The molecule has 0 bridgehead atoms. The largest absolute Gasteiger partial charge is 0.481 e. The van der Waals surface area contributed by atoms with Gasteiger partial charge in [0.2, 0.25) is 0 Å². The monoisotopic (exact) mass is 361 g/mol. The summed E-state index contributed by atoms with van der Waals surface area (Å²) in [4.78, 5) is 12.7. The lowest BCUT2D eigenvalue weighted by Crippen LogP contribution is -2.39. The second-order valence-electron chi connectivity index (χ2n) is 6.85.